The van der Waals surface area contributed by atoms with Crippen molar-refractivity contribution in [1.82, 2.24) is 14.5 Å². The van der Waals surface area contributed by atoms with E-state index in [1.165, 1.54) is 12.8 Å². The Morgan fingerprint density at radius 1 is 1.31 bits per heavy atom. The zero-order valence-corrected chi connectivity index (χ0v) is 16.0. The molecule has 3 heterocycles. The first-order valence-electron chi connectivity index (χ1n) is 9.49. The molecule has 1 fully saturated rings. The van der Waals surface area contributed by atoms with Crippen LogP contribution in [0.3, 0.4) is 0 Å². The normalized spacial score (nSPS) is 20.8. The standard InChI is InChI=1S/C19H27N6O/c1-5-15-18(26)23(4)16-12-20-19(24-11-10-22(3)13(24)2)21-17(16)25(15)14-8-6-7-9-14/h10-12,14-15H,5-9H2,1-4H3/q+1. The maximum atomic E-state index is 12.9. The van der Waals surface area contributed by atoms with Gasteiger partial charge in [-0.3, -0.25) is 4.79 Å². The molecule has 1 atom stereocenters. The van der Waals surface area contributed by atoms with E-state index in [1.54, 1.807) is 11.1 Å². The minimum absolute atomic E-state index is 0.139. The number of amides is 1. The van der Waals surface area contributed by atoms with Crippen molar-refractivity contribution in [3.63, 3.8) is 0 Å². The molecule has 2 aliphatic rings. The van der Waals surface area contributed by atoms with E-state index in [4.69, 9.17) is 4.98 Å². The molecular formula is C19H27N6O+. The van der Waals surface area contributed by atoms with Crippen molar-refractivity contribution in [3.8, 4) is 5.95 Å². The van der Waals surface area contributed by atoms with Crippen LogP contribution in [0.25, 0.3) is 5.95 Å². The third kappa shape index (κ3) is 2.48. The molecule has 4 rings (SSSR count). The number of aryl methyl sites for hydroxylation is 1. The Kier molecular flexibility index (Phi) is 4.17. The molecule has 1 saturated carbocycles. The van der Waals surface area contributed by atoms with Gasteiger partial charge in [0.15, 0.2) is 5.82 Å². The number of anilines is 2. The van der Waals surface area contributed by atoms with Crippen LogP contribution in [0.2, 0.25) is 0 Å². The molecule has 1 aliphatic carbocycles. The van der Waals surface area contributed by atoms with Gasteiger partial charge in [-0.15, -0.1) is 0 Å². The molecule has 7 nitrogen and oxygen atoms in total. The van der Waals surface area contributed by atoms with E-state index in [9.17, 15) is 4.79 Å². The van der Waals surface area contributed by atoms with Crippen molar-refractivity contribution in [3.05, 3.63) is 24.4 Å². The number of aromatic nitrogens is 4. The number of carbonyl (C=O) groups is 1. The van der Waals surface area contributed by atoms with Crippen LogP contribution in [0, 0.1) is 6.92 Å². The van der Waals surface area contributed by atoms with E-state index in [0.29, 0.717) is 12.0 Å². The first kappa shape index (κ1) is 17.0. The Morgan fingerprint density at radius 2 is 2.04 bits per heavy atom. The lowest BCUT2D eigenvalue weighted by atomic mass is 10.0. The molecule has 0 saturated heterocycles. The molecule has 0 N–H and O–H groups in total. The minimum atomic E-state index is -0.139. The van der Waals surface area contributed by atoms with Crippen molar-refractivity contribution in [2.24, 2.45) is 7.05 Å². The minimum Gasteiger partial charge on any atom is -0.340 e. The van der Waals surface area contributed by atoms with Crippen LogP contribution in [-0.4, -0.2) is 39.6 Å². The number of likely N-dealkylation sites (N-methyl/N-ethyl adjacent to an activating group) is 1. The Hall–Kier alpha value is -2.44. The van der Waals surface area contributed by atoms with Gasteiger partial charge in [0, 0.05) is 20.0 Å². The smallest absolute Gasteiger partial charge is 0.327 e. The van der Waals surface area contributed by atoms with Gasteiger partial charge in [0.1, 0.15) is 24.1 Å². The number of hydrogen-bond acceptors (Lipinski definition) is 4. The topological polar surface area (TPSA) is 58.1 Å². The summed E-state index contributed by atoms with van der Waals surface area (Å²) in [5, 5.41) is 0. The Labute approximate surface area is 154 Å². The second kappa shape index (κ2) is 6.37. The third-order valence-corrected chi connectivity index (χ3v) is 5.91. The fourth-order valence-corrected chi connectivity index (χ4v) is 4.25. The first-order valence-corrected chi connectivity index (χ1v) is 9.49. The summed E-state index contributed by atoms with van der Waals surface area (Å²) in [5.41, 5.74) is 0.810. The van der Waals surface area contributed by atoms with Crippen LogP contribution < -0.4 is 14.4 Å². The Bertz CT molecular complexity index is 839. The predicted octanol–water partition coefficient (Wildman–Crippen LogP) is 1.90. The van der Waals surface area contributed by atoms with Gasteiger partial charge in [-0.1, -0.05) is 19.8 Å². The molecule has 0 radical (unpaired) electrons. The van der Waals surface area contributed by atoms with E-state index in [1.807, 2.05) is 42.5 Å². The van der Waals surface area contributed by atoms with E-state index in [-0.39, 0.29) is 11.9 Å². The molecule has 2 aromatic heterocycles. The molecule has 0 bridgehead atoms. The van der Waals surface area contributed by atoms with Gasteiger partial charge in [-0.05, 0) is 19.3 Å². The molecule has 0 spiro atoms. The summed E-state index contributed by atoms with van der Waals surface area (Å²) in [4.78, 5) is 26.4. The molecule has 1 aliphatic heterocycles. The quantitative estimate of drug-likeness (QED) is 0.789. The number of rotatable bonds is 3. The molecular weight excluding hydrogens is 328 g/mol. The molecule has 0 aromatic carbocycles. The fourth-order valence-electron chi connectivity index (χ4n) is 4.25. The van der Waals surface area contributed by atoms with Crippen LogP contribution in [0.5, 0.6) is 0 Å². The average molecular weight is 355 g/mol. The van der Waals surface area contributed by atoms with Gasteiger partial charge < -0.3 is 9.80 Å². The summed E-state index contributed by atoms with van der Waals surface area (Å²) >= 11 is 0. The van der Waals surface area contributed by atoms with Crippen molar-refractivity contribution in [1.29, 1.82) is 0 Å². The van der Waals surface area contributed by atoms with Gasteiger partial charge in [-0.25, -0.2) is 4.57 Å². The lowest BCUT2D eigenvalue weighted by Crippen LogP contribution is -2.55. The summed E-state index contributed by atoms with van der Waals surface area (Å²) in [6, 6.07) is 0.251. The summed E-state index contributed by atoms with van der Waals surface area (Å²) in [5.74, 6) is 2.76. The van der Waals surface area contributed by atoms with Gasteiger partial charge in [0.05, 0.1) is 13.2 Å². The highest BCUT2D eigenvalue weighted by Crippen LogP contribution is 2.39. The monoisotopic (exact) mass is 355 g/mol. The number of carbonyl (C=O) groups excluding carboxylic acids is 1. The lowest BCUT2D eigenvalue weighted by Gasteiger charge is -2.43. The van der Waals surface area contributed by atoms with Crippen molar-refractivity contribution < 1.29 is 9.36 Å². The summed E-state index contributed by atoms with van der Waals surface area (Å²) in [6.45, 7) is 4.13. The van der Waals surface area contributed by atoms with Crippen LogP contribution in [0.1, 0.15) is 44.9 Å². The average Bonchev–Trinajstić information content (AvgIpc) is 3.28. The lowest BCUT2D eigenvalue weighted by molar-refractivity contribution is -0.677. The van der Waals surface area contributed by atoms with Gasteiger partial charge in [0.2, 0.25) is 5.91 Å². The predicted molar refractivity (Wildman–Crippen MR) is 99.5 cm³/mol. The van der Waals surface area contributed by atoms with Crippen LogP contribution in [0.15, 0.2) is 18.6 Å². The van der Waals surface area contributed by atoms with Gasteiger partial charge in [0.25, 0.3) is 5.82 Å². The molecule has 1 amide bonds. The van der Waals surface area contributed by atoms with Crippen molar-refractivity contribution in [2.45, 2.75) is 58.0 Å². The van der Waals surface area contributed by atoms with Crippen molar-refractivity contribution >= 4 is 17.4 Å². The Morgan fingerprint density at radius 3 is 2.65 bits per heavy atom. The number of imidazole rings is 1. The second-order valence-corrected chi connectivity index (χ2v) is 7.37. The summed E-state index contributed by atoms with van der Waals surface area (Å²) < 4.78 is 4.03. The zero-order valence-electron chi connectivity index (χ0n) is 16.0. The molecule has 7 heteroatoms. The van der Waals surface area contributed by atoms with E-state index >= 15 is 0 Å². The summed E-state index contributed by atoms with van der Waals surface area (Å²) in [7, 11) is 3.84. The highest BCUT2D eigenvalue weighted by Gasteiger charge is 2.41. The largest absolute Gasteiger partial charge is 0.340 e. The summed E-state index contributed by atoms with van der Waals surface area (Å²) in [6.07, 6.45) is 11.3. The zero-order chi connectivity index (χ0) is 18.4. The van der Waals surface area contributed by atoms with Crippen LogP contribution in [0.4, 0.5) is 11.5 Å². The number of hydrogen-bond donors (Lipinski definition) is 0. The first-order chi connectivity index (χ1) is 12.5. The second-order valence-electron chi connectivity index (χ2n) is 7.37. The molecule has 1 unspecified atom stereocenters. The van der Waals surface area contributed by atoms with Crippen LogP contribution >= 0.6 is 0 Å². The van der Waals surface area contributed by atoms with E-state index < -0.39 is 0 Å². The van der Waals surface area contributed by atoms with Crippen LogP contribution in [-0.2, 0) is 11.8 Å². The van der Waals surface area contributed by atoms with Gasteiger partial charge >= 0.3 is 5.95 Å². The Balaban J connectivity index is 1.86. The highest BCUT2D eigenvalue weighted by molar-refractivity contribution is 6.04. The maximum Gasteiger partial charge on any atom is 0.327 e. The third-order valence-electron chi connectivity index (χ3n) is 5.91. The highest BCUT2D eigenvalue weighted by atomic mass is 16.2. The SMILES string of the molecule is CCC1C(=O)N(C)c2cnc(-n3cc[n+](C)c3C)nc2N1C1CCCC1. The maximum absolute atomic E-state index is 12.9. The number of nitrogens with zero attached hydrogens (tertiary/aromatic N) is 6. The fraction of sp³-hybridized carbons (Fsp3) is 0.579. The van der Waals surface area contributed by atoms with Crippen molar-refractivity contribution in [2.75, 3.05) is 16.8 Å². The molecule has 138 valence electrons. The number of fused-ring (bicyclic) bond motifs is 1. The van der Waals surface area contributed by atoms with E-state index in [0.717, 1.165) is 36.6 Å². The van der Waals surface area contributed by atoms with Gasteiger partial charge in [-0.2, -0.15) is 14.5 Å². The van der Waals surface area contributed by atoms with E-state index in [2.05, 4.69) is 16.8 Å². The molecule has 2 aromatic rings. The molecule has 26 heavy (non-hydrogen) atoms.